The van der Waals surface area contributed by atoms with Crippen LogP contribution in [0.3, 0.4) is 0 Å². The van der Waals surface area contributed by atoms with Crippen molar-refractivity contribution >= 4 is 11.3 Å². The monoisotopic (exact) mass is 286 g/mol. The summed E-state index contributed by atoms with van der Waals surface area (Å²) in [6, 6.07) is 9.01. The van der Waals surface area contributed by atoms with Crippen molar-refractivity contribution in [3.63, 3.8) is 0 Å². The van der Waals surface area contributed by atoms with Gasteiger partial charge >= 0.3 is 0 Å². The molecular formula is C17H22N2S. The lowest BCUT2D eigenvalue weighted by Crippen LogP contribution is -2.42. The number of benzene rings is 1. The molecule has 0 saturated carbocycles. The summed E-state index contributed by atoms with van der Waals surface area (Å²) < 4.78 is 0. The molecule has 1 aromatic heterocycles. The van der Waals surface area contributed by atoms with Gasteiger partial charge in [0.15, 0.2) is 0 Å². The Hall–Kier alpha value is -1.19. The van der Waals surface area contributed by atoms with E-state index in [4.69, 9.17) is 0 Å². The van der Waals surface area contributed by atoms with Gasteiger partial charge in [-0.05, 0) is 43.4 Å². The summed E-state index contributed by atoms with van der Waals surface area (Å²) in [4.78, 5) is 5.66. The van der Waals surface area contributed by atoms with Crippen LogP contribution in [0.4, 0.5) is 0 Å². The lowest BCUT2D eigenvalue weighted by Gasteiger charge is -2.39. The Morgan fingerprint density at radius 3 is 3.05 bits per heavy atom. The van der Waals surface area contributed by atoms with Crippen molar-refractivity contribution in [3.8, 4) is 0 Å². The average molecular weight is 286 g/mol. The molecule has 3 rings (SSSR count). The molecule has 106 valence electrons. The second-order valence-electron chi connectivity index (χ2n) is 5.72. The Morgan fingerprint density at radius 2 is 2.25 bits per heavy atom. The molecule has 1 aliphatic rings. The summed E-state index contributed by atoms with van der Waals surface area (Å²) in [5, 5.41) is 3.60. The highest BCUT2D eigenvalue weighted by Gasteiger charge is 2.36. The van der Waals surface area contributed by atoms with Crippen LogP contribution in [-0.2, 0) is 18.3 Å². The topological polar surface area (TPSA) is 24.9 Å². The maximum absolute atomic E-state index is 4.25. The summed E-state index contributed by atoms with van der Waals surface area (Å²) in [6.45, 7) is 4.29. The van der Waals surface area contributed by atoms with Gasteiger partial charge in [-0.15, -0.1) is 11.3 Å². The minimum atomic E-state index is 0.247. The van der Waals surface area contributed by atoms with Crippen LogP contribution in [0.5, 0.6) is 0 Å². The van der Waals surface area contributed by atoms with Crippen molar-refractivity contribution in [3.05, 3.63) is 52.0 Å². The minimum Gasteiger partial charge on any atom is -0.316 e. The van der Waals surface area contributed by atoms with E-state index in [9.17, 15) is 0 Å². The number of thiazole rings is 1. The minimum absolute atomic E-state index is 0.247. The van der Waals surface area contributed by atoms with E-state index in [1.807, 2.05) is 11.7 Å². The van der Waals surface area contributed by atoms with E-state index >= 15 is 0 Å². The number of aryl methyl sites for hydroxylation is 1. The molecule has 0 spiro atoms. The van der Waals surface area contributed by atoms with Gasteiger partial charge in [0, 0.05) is 23.0 Å². The van der Waals surface area contributed by atoms with Gasteiger partial charge in [-0.2, -0.15) is 0 Å². The quantitative estimate of drug-likeness (QED) is 0.909. The van der Waals surface area contributed by atoms with E-state index in [1.54, 1.807) is 22.5 Å². The third-order valence-corrected chi connectivity index (χ3v) is 5.18. The number of rotatable bonds is 5. The van der Waals surface area contributed by atoms with Crippen molar-refractivity contribution in [2.75, 3.05) is 13.1 Å². The first-order valence-corrected chi connectivity index (χ1v) is 8.38. The van der Waals surface area contributed by atoms with Crippen molar-refractivity contribution in [1.29, 1.82) is 0 Å². The zero-order valence-electron chi connectivity index (χ0n) is 12.1. The molecule has 0 aliphatic heterocycles. The molecule has 3 heteroatoms. The number of likely N-dealkylation sites (N-methyl/N-ethyl adjacent to an activating group) is 1. The van der Waals surface area contributed by atoms with Crippen LogP contribution in [0, 0.1) is 0 Å². The van der Waals surface area contributed by atoms with Gasteiger partial charge in [0.2, 0.25) is 0 Å². The van der Waals surface area contributed by atoms with Gasteiger partial charge < -0.3 is 5.32 Å². The molecule has 0 radical (unpaired) electrons. The Kier molecular flexibility index (Phi) is 4.18. The maximum Gasteiger partial charge on any atom is 0.0794 e. The molecule has 0 amide bonds. The number of aromatic nitrogens is 1. The molecule has 0 bridgehead atoms. The first-order valence-electron chi connectivity index (χ1n) is 7.50. The summed E-state index contributed by atoms with van der Waals surface area (Å²) in [6.07, 6.45) is 6.94. The molecule has 2 aromatic rings. The lowest BCUT2D eigenvalue weighted by molar-refractivity contribution is 0.340. The SMILES string of the molecule is CCNCC1(Cc2cncs2)CCCc2ccccc21. The van der Waals surface area contributed by atoms with Gasteiger partial charge in [0.25, 0.3) is 0 Å². The maximum atomic E-state index is 4.25. The molecule has 1 N–H and O–H groups in total. The zero-order valence-corrected chi connectivity index (χ0v) is 12.9. The van der Waals surface area contributed by atoms with Gasteiger partial charge in [-0.1, -0.05) is 31.2 Å². The summed E-state index contributed by atoms with van der Waals surface area (Å²) in [5.41, 5.74) is 5.30. The smallest absolute Gasteiger partial charge is 0.0794 e. The molecule has 1 unspecified atom stereocenters. The predicted molar refractivity (Wildman–Crippen MR) is 85.4 cm³/mol. The highest BCUT2D eigenvalue weighted by Crippen LogP contribution is 2.40. The van der Waals surface area contributed by atoms with Crippen molar-refractivity contribution in [1.82, 2.24) is 10.3 Å². The van der Waals surface area contributed by atoms with E-state index in [0.717, 1.165) is 19.5 Å². The highest BCUT2D eigenvalue weighted by atomic mass is 32.1. The Balaban J connectivity index is 1.98. The Morgan fingerprint density at radius 1 is 1.35 bits per heavy atom. The molecule has 20 heavy (non-hydrogen) atoms. The fraction of sp³-hybridized carbons (Fsp3) is 0.471. The van der Waals surface area contributed by atoms with Crippen molar-refractivity contribution in [2.24, 2.45) is 0 Å². The lowest BCUT2D eigenvalue weighted by atomic mass is 9.67. The van der Waals surface area contributed by atoms with Crippen LogP contribution < -0.4 is 5.32 Å². The average Bonchev–Trinajstić information content (AvgIpc) is 2.98. The molecule has 0 fully saturated rings. The van der Waals surface area contributed by atoms with E-state index in [1.165, 1.54) is 24.1 Å². The van der Waals surface area contributed by atoms with Gasteiger partial charge in [0.1, 0.15) is 0 Å². The Bertz CT molecular complexity index is 550. The predicted octanol–water partition coefficient (Wildman–Crippen LogP) is 3.57. The first kappa shape index (κ1) is 13.8. The molecule has 2 nitrogen and oxygen atoms in total. The fourth-order valence-corrected chi connectivity index (χ4v) is 4.20. The van der Waals surface area contributed by atoms with Crippen LogP contribution in [0.25, 0.3) is 0 Å². The van der Waals surface area contributed by atoms with E-state index in [0.29, 0.717) is 0 Å². The van der Waals surface area contributed by atoms with Gasteiger partial charge in [0.05, 0.1) is 5.51 Å². The number of nitrogens with one attached hydrogen (secondary N) is 1. The number of nitrogens with zero attached hydrogens (tertiary/aromatic N) is 1. The van der Waals surface area contributed by atoms with Gasteiger partial charge in [-0.3, -0.25) is 4.98 Å². The first-order chi connectivity index (χ1) is 9.84. The second kappa shape index (κ2) is 6.06. The summed E-state index contributed by atoms with van der Waals surface area (Å²) >= 11 is 1.78. The van der Waals surface area contributed by atoms with Crippen LogP contribution in [0.15, 0.2) is 36.0 Å². The molecule has 0 saturated heterocycles. The number of hydrogen-bond donors (Lipinski definition) is 1. The second-order valence-corrected chi connectivity index (χ2v) is 6.69. The summed E-state index contributed by atoms with van der Waals surface area (Å²) in [7, 11) is 0. The molecule has 1 heterocycles. The van der Waals surface area contributed by atoms with E-state index < -0.39 is 0 Å². The van der Waals surface area contributed by atoms with Crippen LogP contribution in [0.2, 0.25) is 0 Å². The zero-order chi connectivity index (χ0) is 13.8. The molecular weight excluding hydrogens is 264 g/mol. The number of hydrogen-bond acceptors (Lipinski definition) is 3. The molecule has 1 aliphatic carbocycles. The normalized spacial score (nSPS) is 21.6. The van der Waals surface area contributed by atoms with Gasteiger partial charge in [-0.25, -0.2) is 0 Å². The third-order valence-electron chi connectivity index (χ3n) is 4.40. The largest absolute Gasteiger partial charge is 0.316 e. The van der Waals surface area contributed by atoms with Crippen LogP contribution in [-0.4, -0.2) is 18.1 Å². The fourth-order valence-electron chi connectivity index (χ4n) is 3.46. The van der Waals surface area contributed by atoms with Crippen LogP contribution >= 0.6 is 11.3 Å². The standard InChI is InChI=1S/C17H22N2S/c1-2-18-12-17(10-15-11-19-13-20-15)9-5-7-14-6-3-4-8-16(14)17/h3-4,6,8,11,13,18H,2,5,7,9-10,12H2,1H3. The summed E-state index contributed by atoms with van der Waals surface area (Å²) in [5.74, 6) is 0. The van der Waals surface area contributed by atoms with Crippen molar-refractivity contribution < 1.29 is 0 Å². The third kappa shape index (κ3) is 2.65. The highest BCUT2D eigenvalue weighted by molar-refractivity contribution is 7.09. The van der Waals surface area contributed by atoms with E-state index in [2.05, 4.69) is 41.5 Å². The van der Waals surface area contributed by atoms with Crippen LogP contribution in [0.1, 0.15) is 35.8 Å². The van der Waals surface area contributed by atoms with Crippen molar-refractivity contribution in [2.45, 2.75) is 38.0 Å². The molecule has 1 atom stereocenters. The molecule has 1 aromatic carbocycles. The van der Waals surface area contributed by atoms with E-state index in [-0.39, 0.29) is 5.41 Å². The Labute approximate surface area is 125 Å². The number of fused-ring (bicyclic) bond motifs is 1.